The Balaban J connectivity index is 1.44. The quantitative estimate of drug-likeness (QED) is 0.0685. The maximum Gasteiger partial charge on any atom is 0.326 e. The van der Waals surface area contributed by atoms with Crippen LogP contribution in [0.4, 0.5) is 5.69 Å². The Morgan fingerprint density at radius 2 is 1.58 bits per heavy atom. The highest BCUT2D eigenvalue weighted by Crippen LogP contribution is 2.38. The Morgan fingerprint density at radius 3 is 2.27 bits per heavy atom. The van der Waals surface area contributed by atoms with E-state index in [1.807, 2.05) is 18.9 Å². The number of amides is 1. The van der Waals surface area contributed by atoms with E-state index in [2.05, 4.69) is 15.0 Å². The zero-order valence-electron chi connectivity index (χ0n) is 31.9. The number of carbonyl (C=O) groups is 2. The molecule has 0 bridgehead atoms. The van der Waals surface area contributed by atoms with Crippen molar-refractivity contribution in [2.75, 3.05) is 58.8 Å². The van der Waals surface area contributed by atoms with Gasteiger partial charge in [-0.3, -0.25) is 23.8 Å². The first kappa shape index (κ1) is 42.3. The summed E-state index contributed by atoms with van der Waals surface area (Å²) in [6.45, 7) is 4.25. The molecule has 300 valence electrons. The Hall–Kier alpha value is -5.42. The Morgan fingerprint density at radius 1 is 0.873 bits per heavy atom. The van der Waals surface area contributed by atoms with E-state index in [9.17, 15) is 22.8 Å². The number of anilines is 1. The molecule has 4 aromatic rings. The molecule has 0 aliphatic carbocycles. The molecule has 0 aliphatic rings. The van der Waals surface area contributed by atoms with E-state index in [-0.39, 0.29) is 46.6 Å². The molecule has 16 nitrogen and oxygen atoms in total. The van der Waals surface area contributed by atoms with Gasteiger partial charge in [0.25, 0.3) is 10.0 Å². The van der Waals surface area contributed by atoms with E-state index in [1.54, 1.807) is 31.3 Å². The monoisotopic (exact) mass is 785 g/mol. The van der Waals surface area contributed by atoms with E-state index in [1.165, 1.54) is 43.1 Å². The molecule has 0 saturated heterocycles. The van der Waals surface area contributed by atoms with Crippen molar-refractivity contribution in [1.82, 2.24) is 19.8 Å². The van der Waals surface area contributed by atoms with Gasteiger partial charge in [-0.25, -0.2) is 13.2 Å². The molecule has 55 heavy (non-hydrogen) atoms. The second-order valence-electron chi connectivity index (χ2n) is 12.9. The summed E-state index contributed by atoms with van der Waals surface area (Å²) in [5, 5.41) is 11.6. The highest BCUT2D eigenvalue weighted by molar-refractivity contribution is 7.92. The van der Waals surface area contributed by atoms with Gasteiger partial charge in [0.2, 0.25) is 5.91 Å². The van der Waals surface area contributed by atoms with Crippen molar-refractivity contribution in [3.05, 3.63) is 59.0 Å². The molecule has 0 unspecified atom stereocenters. The number of nitrogens with one attached hydrogen (secondary N) is 3. The van der Waals surface area contributed by atoms with E-state index in [4.69, 9.17) is 28.8 Å². The molecule has 4 N–H and O–H groups in total. The average Bonchev–Trinajstić information content (AvgIpc) is 3.42. The molecule has 0 saturated carbocycles. The van der Waals surface area contributed by atoms with Crippen molar-refractivity contribution >= 4 is 38.6 Å². The molecule has 3 aromatic carbocycles. The van der Waals surface area contributed by atoms with Gasteiger partial charge in [-0.15, -0.1) is 0 Å². The number of hydrogen-bond acceptors (Lipinski definition) is 11. The number of aromatic amines is 1. The smallest absolute Gasteiger partial charge is 0.326 e. The minimum Gasteiger partial charge on any atom is -0.493 e. The first-order valence-corrected chi connectivity index (χ1v) is 19.5. The summed E-state index contributed by atoms with van der Waals surface area (Å²) in [5.41, 5.74) is 0.562. The van der Waals surface area contributed by atoms with Crippen LogP contribution in [0.5, 0.6) is 34.5 Å². The van der Waals surface area contributed by atoms with Crippen LogP contribution in [0.25, 0.3) is 11.0 Å². The van der Waals surface area contributed by atoms with Crippen LogP contribution >= 0.6 is 0 Å². The Bertz CT molecular complexity index is 2080. The predicted octanol–water partition coefficient (Wildman–Crippen LogP) is 5.12. The van der Waals surface area contributed by atoms with Crippen LogP contribution in [-0.4, -0.2) is 94.0 Å². The molecule has 0 radical (unpaired) electrons. The summed E-state index contributed by atoms with van der Waals surface area (Å²) in [7, 11) is 2.14. The van der Waals surface area contributed by atoms with Gasteiger partial charge in [-0.1, -0.05) is 13.3 Å². The zero-order chi connectivity index (χ0) is 40.0. The standard InChI is InChI=1S/C38H51N5O11S/c1-6-17-52-26-19-27(53-18-11-10-16-42(2)25-36(44)39-15-9-7-8-12-37(45)46)21-28(20-26)54-34-24-32-30(40-38(47)43(32)3)23-31(34)41-55(48,49)29-13-14-33(50-4)35(22-29)51-5/h13-14,19-24,41H,6-12,15-18,25H2,1-5H3,(H,39,44)(H,40,47)(H,45,46). The largest absolute Gasteiger partial charge is 0.493 e. The van der Waals surface area contributed by atoms with Gasteiger partial charge in [0.15, 0.2) is 17.2 Å². The summed E-state index contributed by atoms with van der Waals surface area (Å²) in [5.74, 6) is 1.10. The number of carboxylic acids is 1. The Labute approximate surface area is 320 Å². The number of imidazole rings is 1. The number of carbonyl (C=O) groups excluding carboxylic acids is 1. The van der Waals surface area contributed by atoms with Gasteiger partial charge >= 0.3 is 11.7 Å². The van der Waals surface area contributed by atoms with Crippen molar-refractivity contribution < 1.29 is 46.8 Å². The molecule has 0 spiro atoms. The summed E-state index contributed by atoms with van der Waals surface area (Å²) in [4.78, 5) is 39.9. The third-order valence-electron chi connectivity index (χ3n) is 8.48. The first-order valence-electron chi connectivity index (χ1n) is 18.1. The molecule has 0 aliphatic heterocycles. The second-order valence-corrected chi connectivity index (χ2v) is 14.6. The van der Waals surface area contributed by atoms with Gasteiger partial charge in [0.1, 0.15) is 17.2 Å². The van der Waals surface area contributed by atoms with Gasteiger partial charge < -0.3 is 39.1 Å². The number of aromatic nitrogens is 2. The summed E-state index contributed by atoms with van der Waals surface area (Å²) >= 11 is 0. The molecule has 4 rings (SSSR count). The van der Waals surface area contributed by atoms with Crippen molar-refractivity contribution in [2.45, 2.75) is 56.8 Å². The number of unbranched alkanes of at least 4 members (excludes halogenated alkanes) is 3. The molecule has 1 aromatic heterocycles. The predicted molar refractivity (Wildman–Crippen MR) is 208 cm³/mol. The maximum absolute atomic E-state index is 13.6. The van der Waals surface area contributed by atoms with Gasteiger partial charge in [0.05, 0.1) is 55.6 Å². The normalized spacial score (nSPS) is 11.4. The first-order chi connectivity index (χ1) is 26.3. The number of nitrogens with zero attached hydrogens (tertiary/aromatic N) is 2. The van der Waals surface area contributed by atoms with Crippen LogP contribution in [0.15, 0.2) is 58.2 Å². The topological polar surface area (TPSA) is 200 Å². The van der Waals surface area contributed by atoms with Gasteiger partial charge in [0, 0.05) is 50.3 Å². The lowest BCUT2D eigenvalue weighted by molar-refractivity contribution is -0.137. The fourth-order valence-electron chi connectivity index (χ4n) is 5.58. The SMILES string of the molecule is CCCOc1cc(OCCCCN(C)CC(=O)NCCCCCC(=O)O)cc(Oc2cc3c(cc2NS(=O)(=O)c2ccc(OC)c(OC)c2)[nH]c(=O)n3C)c1. The average molecular weight is 786 g/mol. The number of likely N-dealkylation sites (N-methyl/N-ethyl adjacent to an activating group) is 1. The van der Waals surface area contributed by atoms with Gasteiger partial charge in [-0.05, 0) is 63.9 Å². The van der Waals surface area contributed by atoms with Crippen molar-refractivity contribution in [3.63, 3.8) is 0 Å². The van der Waals surface area contributed by atoms with E-state index in [0.29, 0.717) is 73.2 Å². The lowest BCUT2D eigenvalue weighted by Crippen LogP contribution is -2.36. The number of hydrogen-bond donors (Lipinski definition) is 4. The fourth-order valence-corrected chi connectivity index (χ4v) is 6.66. The molecular formula is C38H51N5O11S. The lowest BCUT2D eigenvalue weighted by Gasteiger charge is -2.17. The number of aliphatic carboxylic acids is 1. The maximum atomic E-state index is 13.6. The molecule has 1 amide bonds. The zero-order valence-corrected chi connectivity index (χ0v) is 32.8. The van der Waals surface area contributed by atoms with Crippen molar-refractivity contribution in [2.24, 2.45) is 7.05 Å². The van der Waals surface area contributed by atoms with E-state index < -0.39 is 16.0 Å². The Kier molecular flexibility index (Phi) is 15.6. The minimum absolute atomic E-state index is 0.0695. The number of H-pyrrole nitrogens is 1. The third kappa shape index (κ3) is 12.6. The lowest BCUT2D eigenvalue weighted by atomic mass is 10.2. The van der Waals surface area contributed by atoms with E-state index >= 15 is 0 Å². The van der Waals surface area contributed by atoms with Gasteiger partial charge in [-0.2, -0.15) is 0 Å². The third-order valence-corrected chi connectivity index (χ3v) is 9.84. The van der Waals surface area contributed by atoms with Crippen LogP contribution in [0, 0.1) is 0 Å². The number of aryl methyl sites for hydroxylation is 1. The number of methoxy groups -OCH3 is 2. The second kappa shape index (κ2) is 20.3. The number of fused-ring (bicyclic) bond motifs is 1. The van der Waals surface area contributed by atoms with Crippen LogP contribution < -0.4 is 39.4 Å². The van der Waals surface area contributed by atoms with Crippen LogP contribution in [0.3, 0.4) is 0 Å². The number of carboxylic acid groups (broad SMARTS) is 1. The molecule has 0 fully saturated rings. The number of rotatable bonds is 24. The van der Waals surface area contributed by atoms with Crippen molar-refractivity contribution in [1.29, 1.82) is 0 Å². The van der Waals surface area contributed by atoms with Crippen LogP contribution in [-0.2, 0) is 26.7 Å². The molecule has 1 heterocycles. The highest BCUT2D eigenvalue weighted by atomic mass is 32.2. The van der Waals surface area contributed by atoms with Crippen molar-refractivity contribution in [3.8, 4) is 34.5 Å². The minimum atomic E-state index is -4.18. The molecule has 0 atom stereocenters. The molecular weight excluding hydrogens is 735 g/mol. The number of benzene rings is 3. The summed E-state index contributed by atoms with van der Waals surface area (Å²) in [6, 6.07) is 12.4. The number of ether oxygens (including phenoxy) is 5. The molecule has 17 heteroatoms. The van der Waals surface area contributed by atoms with Crippen LogP contribution in [0.2, 0.25) is 0 Å². The van der Waals surface area contributed by atoms with Crippen LogP contribution in [0.1, 0.15) is 51.9 Å². The number of sulfonamides is 1. The summed E-state index contributed by atoms with van der Waals surface area (Å²) < 4.78 is 60.2. The van der Waals surface area contributed by atoms with E-state index in [0.717, 1.165) is 25.7 Å². The summed E-state index contributed by atoms with van der Waals surface area (Å²) in [6.07, 6.45) is 4.46. The highest BCUT2D eigenvalue weighted by Gasteiger charge is 2.22. The fraction of sp³-hybridized carbons (Fsp3) is 0.447.